The summed E-state index contributed by atoms with van der Waals surface area (Å²) in [5.41, 5.74) is 0.750. The summed E-state index contributed by atoms with van der Waals surface area (Å²) in [6, 6.07) is 6.19. The van der Waals surface area contributed by atoms with E-state index < -0.39 is 6.17 Å². The van der Waals surface area contributed by atoms with Crippen molar-refractivity contribution >= 4 is 6.03 Å². The van der Waals surface area contributed by atoms with Crippen LogP contribution < -0.4 is 5.32 Å². The number of nitrogens with zero attached hydrogens (tertiary/aromatic N) is 5. The highest BCUT2D eigenvalue weighted by molar-refractivity contribution is 5.74. The van der Waals surface area contributed by atoms with Crippen LogP contribution in [0.1, 0.15) is 11.7 Å². The van der Waals surface area contributed by atoms with E-state index in [0.717, 1.165) is 5.56 Å². The second-order valence-corrected chi connectivity index (χ2v) is 4.13. The van der Waals surface area contributed by atoms with Crippen molar-refractivity contribution in [2.75, 3.05) is 14.1 Å². The van der Waals surface area contributed by atoms with Gasteiger partial charge in [-0.15, -0.1) is 5.10 Å². The Kier molecular flexibility index (Phi) is 3.60. The molecular formula is C11H14N6O2. The minimum Gasteiger partial charge on any atom is -0.508 e. The summed E-state index contributed by atoms with van der Waals surface area (Å²) in [4.78, 5) is 13.2. The lowest BCUT2D eigenvalue weighted by atomic mass is 10.1. The van der Waals surface area contributed by atoms with Crippen LogP contribution in [-0.4, -0.2) is 50.3 Å². The van der Waals surface area contributed by atoms with E-state index in [1.54, 1.807) is 26.2 Å². The minimum absolute atomic E-state index is 0.151. The van der Waals surface area contributed by atoms with Crippen LogP contribution in [0.4, 0.5) is 4.79 Å². The van der Waals surface area contributed by atoms with E-state index in [1.165, 1.54) is 28.0 Å². The summed E-state index contributed by atoms with van der Waals surface area (Å²) in [7, 11) is 3.28. The number of tetrazole rings is 1. The third kappa shape index (κ3) is 2.97. The molecule has 19 heavy (non-hydrogen) atoms. The number of aromatic hydroxyl groups is 1. The van der Waals surface area contributed by atoms with Gasteiger partial charge < -0.3 is 15.3 Å². The fourth-order valence-electron chi connectivity index (χ4n) is 1.49. The third-order valence-electron chi connectivity index (χ3n) is 2.50. The molecule has 100 valence electrons. The van der Waals surface area contributed by atoms with Crippen LogP contribution in [0.2, 0.25) is 0 Å². The lowest BCUT2D eigenvalue weighted by Gasteiger charge is -2.21. The number of carbonyl (C=O) groups excluding carboxylic acids is 1. The molecule has 1 atom stereocenters. The standard InChI is InChI=1S/C11H14N6O2/c1-16(2)11(19)13-10(17-7-12-14-15-17)8-3-5-9(18)6-4-8/h3-7,10,18H,1-2H3,(H,13,19). The third-order valence-corrected chi connectivity index (χ3v) is 2.50. The SMILES string of the molecule is CN(C)C(=O)NC(c1ccc(O)cc1)n1cnnn1. The van der Waals surface area contributed by atoms with E-state index in [-0.39, 0.29) is 11.8 Å². The van der Waals surface area contributed by atoms with Gasteiger partial charge >= 0.3 is 6.03 Å². The van der Waals surface area contributed by atoms with Crippen LogP contribution >= 0.6 is 0 Å². The molecule has 0 aliphatic heterocycles. The molecule has 2 rings (SSSR count). The molecule has 8 heteroatoms. The van der Waals surface area contributed by atoms with Crippen molar-refractivity contribution in [2.24, 2.45) is 0 Å². The molecule has 1 aromatic carbocycles. The summed E-state index contributed by atoms with van der Waals surface area (Å²) in [6.45, 7) is 0. The van der Waals surface area contributed by atoms with Gasteiger partial charge in [-0.1, -0.05) is 12.1 Å². The van der Waals surface area contributed by atoms with E-state index in [4.69, 9.17) is 0 Å². The average molecular weight is 262 g/mol. The molecule has 8 nitrogen and oxygen atoms in total. The van der Waals surface area contributed by atoms with E-state index in [0.29, 0.717) is 0 Å². The zero-order valence-corrected chi connectivity index (χ0v) is 10.6. The molecule has 0 aliphatic carbocycles. The molecule has 0 saturated heterocycles. The average Bonchev–Trinajstić information content (AvgIpc) is 2.90. The Morgan fingerprint density at radius 1 is 1.37 bits per heavy atom. The van der Waals surface area contributed by atoms with Gasteiger partial charge in [0.1, 0.15) is 12.1 Å². The van der Waals surface area contributed by atoms with Gasteiger partial charge in [-0.2, -0.15) is 0 Å². The van der Waals surface area contributed by atoms with Gasteiger partial charge in [0.15, 0.2) is 6.17 Å². The predicted octanol–water partition coefficient (Wildman–Crippen LogP) is 0.197. The van der Waals surface area contributed by atoms with Crippen LogP contribution in [0.5, 0.6) is 5.75 Å². The van der Waals surface area contributed by atoms with Crippen LogP contribution in [0.15, 0.2) is 30.6 Å². The number of phenolic OH excluding ortho intramolecular Hbond substituents is 1. The molecule has 0 bridgehead atoms. The smallest absolute Gasteiger partial charge is 0.318 e. The Bertz CT molecular complexity index is 537. The second-order valence-electron chi connectivity index (χ2n) is 4.13. The summed E-state index contributed by atoms with van der Waals surface area (Å²) in [6.07, 6.45) is 0.874. The second kappa shape index (κ2) is 5.34. The highest BCUT2D eigenvalue weighted by Crippen LogP contribution is 2.17. The number of urea groups is 1. The Morgan fingerprint density at radius 2 is 2.05 bits per heavy atom. The number of hydrogen-bond acceptors (Lipinski definition) is 5. The molecule has 2 aromatic rings. The molecule has 0 fully saturated rings. The highest BCUT2D eigenvalue weighted by Gasteiger charge is 2.18. The van der Waals surface area contributed by atoms with E-state index in [2.05, 4.69) is 20.8 Å². The van der Waals surface area contributed by atoms with Gasteiger partial charge in [0.2, 0.25) is 0 Å². The Morgan fingerprint density at radius 3 is 2.58 bits per heavy atom. The van der Waals surface area contributed by atoms with Crippen molar-refractivity contribution in [3.8, 4) is 5.75 Å². The molecule has 1 unspecified atom stereocenters. The van der Waals surface area contributed by atoms with Crippen LogP contribution in [0.25, 0.3) is 0 Å². The molecule has 0 spiro atoms. The monoisotopic (exact) mass is 262 g/mol. The van der Waals surface area contributed by atoms with Gasteiger partial charge in [0.05, 0.1) is 0 Å². The number of phenols is 1. The van der Waals surface area contributed by atoms with E-state index in [9.17, 15) is 9.90 Å². The van der Waals surface area contributed by atoms with Crippen LogP contribution in [0, 0.1) is 0 Å². The highest BCUT2D eigenvalue weighted by atomic mass is 16.3. The lowest BCUT2D eigenvalue weighted by Crippen LogP contribution is -2.40. The maximum Gasteiger partial charge on any atom is 0.318 e. The maximum absolute atomic E-state index is 11.8. The first-order valence-electron chi connectivity index (χ1n) is 5.57. The topological polar surface area (TPSA) is 96.2 Å². The molecule has 0 radical (unpaired) electrons. The van der Waals surface area contributed by atoms with Crippen molar-refractivity contribution in [2.45, 2.75) is 6.17 Å². The summed E-state index contributed by atoms with van der Waals surface area (Å²) < 4.78 is 1.42. The summed E-state index contributed by atoms with van der Waals surface area (Å²) in [5.74, 6) is 0.151. The fraction of sp³-hybridized carbons (Fsp3) is 0.273. The summed E-state index contributed by atoms with van der Waals surface area (Å²) in [5, 5.41) is 23.0. The molecule has 1 heterocycles. The largest absolute Gasteiger partial charge is 0.508 e. The van der Waals surface area contributed by atoms with Gasteiger partial charge in [-0.3, -0.25) is 0 Å². The quantitative estimate of drug-likeness (QED) is 0.823. The van der Waals surface area contributed by atoms with Gasteiger partial charge in [0.25, 0.3) is 0 Å². The number of amides is 2. The van der Waals surface area contributed by atoms with E-state index >= 15 is 0 Å². The Labute approximate surface area is 109 Å². The number of rotatable bonds is 3. The van der Waals surface area contributed by atoms with E-state index in [1.807, 2.05) is 0 Å². The number of carbonyl (C=O) groups is 1. The molecule has 1 aromatic heterocycles. The van der Waals surface area contributed by atoms with Crippen molar-refractivity contribution in [1.29, 1.82) is 0 Å². The number of benzene rings is 1. The predicted molar refractivity (Wildman–Crippen MR) is 66.3 cm³/mol. The molecular weight excluding hydrogens is 248 g/mol. The van der Waals surface area contributed by atoms with Crippen molar-refractivity contribution < 1.29 is 9.90 Å². The normalized spacial score (nSPS) is 11.9. The molecule has 0 saturated carbocycles. The van der Waals surface area contributed by atoms with Crippen molar-refractivity contribution in [1.82, 2.24) is 30.4 Å². The summed E-state index contributed by atoms with van der Waals surface area (Å²) >= 11 is 0. The zero-order valence-electron chi connectivity index (χ0n) is 10.6. The first kappa shape index (κ1) is 12.8. The lowest BCUT2D eigenvalue weighted by molar-refractivity contribution is 0.209. The van der Waals surface area contributed by atoms with Gasteiger partial charge in [0, 0.05) is 14.1 Å². The number of nitrogens with one attached hydrogen (secondary N) is 1. The Balaban J connectivity index is 2.29. The first-order chi connectivity index (χ1) is 9.08. The number of aromatic nitrogens is 4. The van der Waals surface area contributed by atoms with Crippen molar-refractivity contribution in [3.63, 3.8) is 0 Å². The number of hydrogen-bond donors (Lipinski definition) is 2. The van der Waals surface area contributed by atoms with Gasteiger partial charge in [-0.25, -0.2) is 9.48 Å². The maximum atomic E-state index is 11.8. The van der Waals surface area contributed by atoms with Gasteiger partial charge in [-0.05, 0) is 28.1 Å². The minimum atomic E-state index is -0.537. The van der Waals surface area contributed by atoms with Crippen molar-refractivity contribution in [3.05, 3.63) is 36.2 Å². The molecule has 2 amide bonds. The Hall–Kier alpha value is -2.64. The van der Waals surface area contributed by atoms with Crippen LogP contribution in [0.3, 0.4) is 0 Å². The molecule has 2 N–H and O–H groups in total. The molecule has 0 aliphatic rings. The van der Waals surface area contributed by atoms with Crippen LogP contribution in [-0.2, 0) is 0 Å². The first-order valence-corrected chi connectivity index (χ1v) is 5.57. The fourth-order valence-corrected chi connectivity index (χ4v) is 1.49. The zero-order chi connectivity index (χ0) is 13.8.